The van der Waals surface area contributed by atoms with Gasteiger partial charge in [-0.15, -0.1) is 0 Å². The summed E-state index contributed by atoms with van der Waals surface area (Å²) in [6, 6.07) is 19.9. The van der Waals surface area contributed by atoms with E-state index in [1.807, 2.05) is 54.7 Å². The van der Waals surface area contributed by atoms with E-state index in [1.165, 1.54) is 6.42 Å². The molecular formula is C27H26N4O. The van der Waals surface area contributed by atoms with Crippen LogP contribution < -0.4 is 5.32 Å². The molecule has 0 spiro atoms. The molecule has 1 heterocycles. The Morgan fingerprint density at radius 3 is 2.66 bits per heavy atom. The van der Waals surface area contributed by atoms with E-state index in [1.54, 1.807) is 6.08 Å². The highest BCUT2D eigenvalue weighted by molar-refractivity contribution is 6.04. The predicted molar refractivity (Wildman–Crippen MR) is 125 cm³/mol. The average Bonchev–Trinajstić information content (AvgIpc) is 3.16. The van der Waals surface area contributed by atoms with Crippen molar-refractivity contribution in [2.45, 2.75) is 45.2 Å². The summed E-state index contributed by atoms with van der Waals surface area (Å²) in [5.41, 5.74) is 3.49. The van der Waals surface area contributed by atoms with Gasteiger partial charge in [0, 0.05) is 35.2 Å². The summed E-state index contributed by atoms with van der Waals surface area (Å²) >= 11 is 0. The van der Waals surface area contributed by atoms with Gasteiger partial charge in [0.2, 0.25) is 0 Å². The first-order valence-corrected chi connectivity index (χ1v) is 11.1. The highest BCUT2D eigenvalue weighted by Crippen LogP contribution is 2.26. The highest BCUT2D eigenvalue weighted by Gasteiger charge is 2.24. The number of para-hydroxylation sites is 1. The van der Waals surface area contributed by atoms with Crippen molar-refractivity contribution in [1.82, 2.24) is 9.88 Å². The van der Waals surface area contributed by atoms with Gasteiger partial charge in [-0.25, -0.2) is 0 Å². The number of nitrogens with zero attached hydrogens (tertiary/aromatic N) is 3. The van der Waals surface area contributed by atoms with E-state index in [9.17, 15) is 15.3 Å². The number of hydrogen-bond acceptors (Lipinski definition) is 3. The fraction of sp³-hybridized carbons (Fsp3) is 0.296. The van der Waals surface area contributed by atoms with Crippen molar-refractivity contribution >= 4 is 22.9 Å². The number of aromatic nitrogens is 1. The number of carbonyl (C=O) groups is 1. The van der Waals surface area contributed by atoms with Gasteiger partial charge in [-0.05, 0) is 42.5 Å². The van der Waals surface area contributed by atoms with Gasteiger partial charge < -0.3 is 9.88 Å². The fourth-order valence-corrected chi connectivity index (χ4v) is 4.55. The molecular weight excluding hydrogens is 396 g/mol. The number of nitrogens with one attached hydrogen (secondary N) is 1. The third-order valence-electron chi connectivity index (χ3n) is 6.39. The van der Waals surface area contributed by atoms with Gasteiger partial charge in [-0.3, -0.25) is 4.79 Å². The number of benzene rings is 2. The predicted octanol–water partition coefficient (Wildman–Crippen LogP) is 5.16. The van der Waals surface area contributed by atoms with Crippen molar-refractivity contribution in [3.8, 4) is 12.1 Å². The number of amides is 1. The molecule has 1 fully saturated rings. The molecule has 0 radical (unpaired) electrons. The number of hydrogen-bond donors (Lipinski definition) is 1. The molecule has 2 aromatic carbocycles. The van der Waals surface area contributed by atoms with Gasteiger partial charge >= 0.3 is 0 Å². The lowest BCUT2D eigenvalue weighted by molar-refractivity contribution is -0.118. The van der Waals surface area contributed by atoms with Gasteiger partial charge in [0.15, 0.2) is 0 Å². The molecule has 5 nitrogen and oxygen atoms in total. The molecule has 0 bridgehead atoms. The molecule has 0 unspecified atom stereocenters. The largest absolute Gasteiger partial charge is 0.348 e. The first-order valence-electron chi connectivity index (χ1n) is 11.1. The maximum atomic E-state index is 12.9. The zero-order valence-electron chi connectivity index (χ0n) is 18.2. The van der Waals surface area contributed by atoms with Crippen molar-refractivity contribution in [3.63, 3.8) is 0 Å². The van der Waals surface area contributed by atoms with Crippen molar-refractivity contribution < 1.29 is 4.79 Å². The molecule has 3 aromatic rings. The van der Waals surface area contributed by atoms with Crippen LogP contribution in [0.3, 0.4) is 0 Å². The zero-order valence-corrected chi connectivity index (χ0v) is 18.2. The Kier molecular flexibility index (Phi) is 6.38. The van der Waals surface area contributed by atoms with Gasteiger partial charge in [-0.1, -0.05) is 56.2 Å². The Labute approximate surface area is 188 Å². The van der Waals surface area contributed by atoms with E-state index >= 15 is 0 Å². The maximum absolute atomic E-state index is 12.9. The van der Waals surface area contributed by atoms with Crippen LogP contribution in [0.5, 0.6) is 0 Å². The minimum Gasteiger partial charge on any atom is -0.348 e. The van der Waals surface area contributed by atoms with E-state index in [2.05, 4.69) is 28.9 Å². The maximum Gasteiger partial charge on any atom is 0.262 e. The zero-order chi connectivity index (χ0) is 22.5. The molecule has 2 atom stereocenters. The SMILES string of the molecule is C[C@H]1CCCC[C@H]1NC(=O)/C(C#N)=C/c1cn(Cc2ccccc2C#N)c2ccccc12. The molecule has 160 valence electrons. The van der Waals surface area contributed by atoms with E-state index < -0.39 is 0 Å². The van der Waals surface area contributed by atoms with Gasteiger partial charge in [-0.2, -0.15) is 10.5 Å². The van der Waals surface area contributed by atoms with Crippen LogP contribution in [0.25, 0.3) is 17.0 Å². The van der Waals surface area contributed by atoms with Crippen molar-refractivity contribution in [1.29, 1.82) is 10.5 Å². The summed E-state index contributed by atoms with van der Waals surface area (Å²) in [5, 5.41) is 23.2. The summed E-state index contributed by atoms with van der Waals surface area (Å²) < 4.78 is 2.06. The smallest absolute Gasteiger partial charge is 0.262 e. The number of rotatable bonds is 5. The molecule has 1 amide bonds. The van der Waals surface area contributed by atoms with E-state index in [0.717, 1.165) is 41.3 Å². The normalized spacial score (nSPS) is 18.7. The number of nitriles is 2. The van der Waals surface area contributed by atoms with Crippen LogP contribution in [-0.4, -0.2) is 16.5 Å². The molecule has 1 aliphatic rings. The number of carbonyl (C=O) groups excluding carboxylic acids is 1. The van der Waals surface area contributed by atoms with Crippen LogP contribution in [0.4, 0.5) is 0 Å². The second-order valence-electron chi connectivity index (χ2n) is 8.51. The monoisotopic (exact) mass is 422 g/mol. The minimum atomic E-state index is -0.307. The molecule has 1 aromatic heterocycles. The Morgan fingerprint density at radius 2 is 1.88 bits per heavy atom. The third-order valence-corrected chi connectivity index (χ3v) is 6.39. The summed E-state index contributed by atoms with van der Waals surface area (Å²) in [5.74, 6) is 0.118. The second kappa shape index (κ2) is 9.54. The van der Waals surface area contributed by atoms with Crippen LogP contribution in [0.2, 0.25) is 0 Å². The van der Waals surface area contributed by atoms with E-state index in [0.29, 0.717) is 18.0 Å². The Morgan fingerprint density at radius 1 is 1.12 bits per heavy atom. The van der Waals surface area contributed by atoms with Gasteiger partial charge in [0.05, 0.1) is 11.6 Å². The third kappa shape index (κ3) is 4.43. The van der Waals surface area contributed by atoms with Gasteiger partial charge in [0.1, 0.15) is 11.6 Å². The second-order valence-corrected chi connectivity index (χ2v) is 8.51. The molecule has 4 rings (SSSR count). The van der Waals surface area contributed by atoms with Gasteiger partial charge in [0.25, 0.3) is 5.91 Å². The van der Waals surface area contributed by atoms with Crippen molar-refractivity contribution in [3.05, 3.63) is 77.0 Å². The standard InChI is InChI=1S/C27H26N4O/c1-19-8-2-6-12-25(19)30-27(32)22(16-29)14-23-18-31(26-13-7-5-11-24(23)26)17-21-10-4-3-9-20(21)15-28/h3-5,7,9-11,13-14,18-19,25H,2,6,8,12,17H2,1H3,(H,30,32)/b22-14+/t19-,25+/m0/s1. The Hall–Kier alpha value is -3.83. The highest BCUT2D eigenvalue weighted by atomic mass is 16.1. The molecule has 1 N–H and O–H groups in total. The average molecular weight is 423 g/mol. The van der Waals surface area contributed by atoms with Crippen LogP contribution >= 0.6 is 0 Å². The fourth-order valence-electron chi connectivity index (χ4n) is 4.55. The topological polar surface area (TPSA) is 81.6 Å². The molecule has 0 saturated heterocycles. The number of fused-ring (bicyclic) bond motifs is 1. The first kappa shape index (κ1) is 21.4. The molecule has 1 aliphatic carbocycles. The summed E-state index contributed by atoms with van der Waals surface area (Å²) in [6.07, 6.45) is 8.00. The van der Waals surface area contributed by atoms with Crippen molar-refractivity contribution in [2.75, 3.05) is 0 Å². The van der Waals surface area contributed by atoms with Crippen LogP contribution in [0.1, 0.15) is 49.3 Å². The summed E-state index contributed by atoms with van der Waals surface area (Å²) in [4.78, 5) is 12.9. The lowest BCUT2D eigenvalue weighted by Crippen LogP contribution is -2.41. The van der Waals surface area contributed by atoms with Crippen molar-refractivity contribution in [2.24, 2.45) is 5.92 Å². The van der Waals surface area contributed by atoms with E-state index in [-0.39, 0.29) is 17.5 Å². The Bertz CT molecular complexity index is 1250. The molecule has 1 saturated carbocycles. The summed E-state index contributed by atoms with van der Waals surface area (Å²) in [7, 11) is 0. The van der Waals surface area contributed by atoms with Crippen LogP contribution in [-0.2, 0) is 11.3 Å². The minimum absolute atomic E-state index is 0.114. The molecule has 0 aliphatic heterocycles. The lowest BCUT2D eigenvalue weighted by Gasteiger charge is -2.29. The lowest BCUT2D eigenvalue weighted by atomic mass is 9.86. The quantitative estimate of drug-likeness (QED) is 0.455. The first-order chi connectivity index (χ1) is 15.6. The molecule has 5 heteroatoms. The summed E-state index contributed by atoms with van der Waals surface area (Å²) in [6.45, 7) is 2.69. The Balaban J connectivity index is 1.66. The van der Waals surface area contributed by atoms with E-state index in [4.69, 9.17) is 0 Å². The van der Waals surface area contributed by atoms with Crippen LogP contribution in [0, 0.1) is 28.6 Å². The van der Waals surface area contributed by atoms with Crippen LogP contribution in [0.15, 0.2) is 60.3 Å². The molecule has 32 heavy (non-hydrogen) atoms.